The van der Waals surface area contributed by atoms with E-state index in [0.29, 0.717) is 33.9 Å². The molecule has 0 aliphatic rings. The van der Waals surface area contributed by atoms with Gasteiger partial charge in [0.05, 0.1) is 34.1 Å². The quantitative estimate of drug-likeness (QED) is 0.121. The first-order valence-corrected chi connectivity index (χ1v) is 38.9. The Bertz CT molecular complexity index is 6850. The zero-order valence-corrected chi connectivity index (χ0v) is 68.2. The molecule has 5 aromatic carbocycles. The van der Waals surface area contributed by atoms with Crippen molar-refractivity contribution in [1.82, 2.24) is 24.9 Å². The molecular formula is C101H97N10O5+5. The molecule has 0 fully saturated rings. The number of fused-ring (bicyclic) bond motifs is 15. The fourth-order valence-electron chi connectivity index (χ4n) is 15.7. The zero-order valence-electron chi connectivity index (χ0n) is 76.2. The second kappa shape index (κ2) is 32.2. The van der Waals surface area contributed by atoms with Gasteiger partial charge in [-0.3, -0.25) is 19.9 Å². The Morgan fingerprint density at radius 1 is 0.310 bits per heavy atom. The van der Waals surface area contributed by atoms with Gasteiger partial charge >= 0.3 is 0 Å². The van der Waals surface area contributed by atoms with Gasteiger partial charge in [-0.05, 0) is 173 Å². The van der Waals surface area contributed by atoms with E-state index >= 15 is 0 Å². The summed E-state index contributed by atoms with van der Waals surface area (Å²) in [5.74, 6) is 0.512. The van der Waals surface area contributed by atoms with Gasteiger partial charge < -0.3 is 22.1 Å². The number of aryl methyl sites for hydroxylation is 14. The molecule has 0 aliphatic carbocycles. The van der Waals surface area contributed by atoms with E-state index in [1.807, 2.05) is 231 Å². The van der Waals surface area contributed by atoms with E-state index < -0.39 is 25.5 Å². The van der Waals surface area contributed by atoms with Crippen LogP contribution in [0.5, 0.6) is 0 Å². The van der Waals surface area contributed by atoms with Crippen LogP contribution in [-0.2, 0) is 60.7 Å². The third-order valence-corrected chi connectivity index (χ3v) is 21.9. The molecule has 0 saturated heterocycles. The molecular weight excluding hydrogens is 1430 g/mol. The average molecular weight is 1540 g/mol. The molecule has 576 valence electrons. The fraction of sp³-hybridized carbons (Fsp3) is 0.208. The number of nitrogens with zero attached hydrogens (tertiary/aromatic N) is 10. The number of para-hydroxylation sites is 2. The minimum atomic E-state index is -1.38. The van der Waals surface area contributed by atoms with E-state index in [1.165, 1.54) is 11.1 Å². The Morgan fingerprint density at radius 2 is 0.733 bits per heavy atom. The Kier molecular flexibility index (Phi) is 18.7. The molecule has 0 spiro atoms. The van der Waals surface area contributed by atoms with Crippen molar-refractivity contribution in [3.05, 3.63) is 300 Å². The standard InChI is InChI=1S/C21H21N2O.4C20H19N2O/c1-13(2)15-8-10-17(23(4)12-15)19-14(3)7-9-16-20-18(24-21(16)19)6-5-11-22-20;1-4-14-6-8-17(22(3)12-14)19-13(2)5-7-16-15-9-10-21-11-18(15)23-20(16)19;1-4-14-8-10-17(22(3)12-14)18-13(2)7-9-15-16-6-5-11-21-20(16)23-19(15)18;1-4-14-9-10-17(22(3)12-14)19-13(2)21-11-16-15-7-5-6-8-18(15)23-20(16)19;1-4-14-9-10-16(22(3)12-14)18-13(2)11-21-19-15-7-5-6-8-17(15)23-20(18)19/h5-13H,1-4H3;4*5-12H,4H2,1-3H3/q5*+1/i;4*4D2. The second-order valence-electron chi connectivity index (χ2n) is 29.7. The Hall–Kier alpha value is -13.4. The summed E-state index contributed by atoms with van der Waals surface area (Å²) in [5.41, 5.74) is 29.2. The van der Waals surface area contributed by atoms with Crippen LogP contribution in [0.2, 0.25) is 0 Å². The topological polar surface area (TPSA) is 150 Å². The van der Waals surface area contributed by atoms with Crippen LogP contribution >= 0.6 is 0 Å². The monoisotopic (exact) mass is 1540 g/mol. The molecule has 0 unspecified atom stereocenters. The molecule has 0 N–H and O–H groups in total. The summed E-state index contributed by atoms with van der Waals surface area (Å²) in [7, 11) is 9.82. The molecule has 116 heavy (non-hydrogen) atoms. The summed E-state index contributed by atoms with van der Waals surface area (Å²) in [6.07, 6.45) is 14.8. The van der Waals surface area contributed by atoms with Gasteiger partial charge in [0.25, 0.3) is 0 Å². The van der Waals surface area contributed by atoms with Crippen molar-refractivity contribution in [2.75, 3.05) is 0 Å². The third kappa shape index (κ3) is 14.4. The van der Waals surface area contributed by atoms with Gasteiger partial charge in [0.15, 0.2) is 64.5 Å². The van der Waals surface area contributed by atoms with Gasteiger partial charge in [0, 0.05) is 143 Å². The molecule has 0 bridgehead atoms. The summed E-state index contributed by atoms with van der Waals surface area (Å²) in [4.78, 5) is 22.1. The van der Waals surface area contributed by atoms with E-state index in [4.69, 9.17) is 33.1 Å². The van der Waals surface area contributed by atoms with Crippen LogP contribution in [0, 0.1) is 34.6 Å². The molecule has 15 nitrogen and oxygen atoms in total. The fourth-order valence-corrected chi connectivity index (χ4v) is 15.7. The molecule has 15 heterocycles. The van der Waals surface area contributed by atoms with Gasteiger partial charge in [-0.25, -0.2) is 27.8 Å². The summed E-state index contributed by atoms with van der Waals surface area (Å²) in [6.45, 7) is 20.9. The van der Waals surface area contributed by atoms with Crippen LogP contribution in [0.4, 0.5) is 0 Å². The summed E-state index contributed by atoms with van der Waals surface area (Å²) >= 11 is 0. The SMILES string of the molecule is Cc1ccc2c(oc3cccnc32)c1-c1ccc(C(C)C)c[n+]1C.[2H]C([2H])(C)c1ccc(-c2c(C)ccc3c2oc2cnccc23)[n+](C)c1.[2H]C([2H])(C)c1ccc(-c2c(C)ccc3c2oc2ncccc23)[n+](C)c1.[2H]C([2H])(C)c1ccc(-c2c(C)cnc3c2oc2ccccc23)[n+](C)c1.[2H]C([2H])(C)c1ccc(-c2c(C)ncc3c2oc2ccccc23)[n+](C)c1. The first-order valence-electron chi connectivity index (χ1n) is 42.9. The lowest BCUT2D eigenvalue weighted by atomic mass is 9.99. The highest BCUT2D eigenvalue weighted by atomic mass is 16.3. The maximum atomic E-state index is 7.92. The summed E-state index contributed by atoms with van der Waals surface area (Å²) in [6, 6.07) is 57.8. The first-order chi connectivity index (χ1) is 59.0. The van der Waals surface area contributed by atoms with Crippen molar-refractivity contribution < 1.29 is 55.9 Å². The van der Waals surface area contributed by atoms with Crippen LogP contribution in [0.15, 0.2) is 266 Å². The van der Waals surface area contributed by atoms with E-state index in [0.717, 1.165) is 183 Å². The number of furan rings is 5. The third-order valence-electron chi connectivity index (χ3n) is 21.9. The molecule has 0 amide bonds. The number of benzene rings is 5. The van der Waals surface area contributed by atoms with Gasteiger partial charge in [-0.1, -0.05) is 102 Å². The lowest BCUT2D eigenvalue weighted by molar-refractivity contribution is -0.661. The highest BCUT2D eigenvalue weighted by Crippen LogP contribution is 2.42. The summed E-state index contributed by atoms with van der Waals surface area (Å²) in [5, 5.41) is 8.27. The molecule has 15 heteroatoms. The zero-order chi connectivity index (χ0) is 87.9. The number of pyridine rings is 10. The Labute approximate surface area is 686 Å². The second-order valence-corrected chi connectivity index (χ2v) is 29.7. The van der Waals surface area contributed by atoms with Crippen LogP contribution in [0.3, 0.4) is 0 Å². The maximum Gasteiger partial charge on any atom is 0.227 e. The maximum absolute atomic E-state index is 7.92. The molecule has 0 saturated carbocycles. The molecule has 0 aliphatic heterocycles. The Balaban J connectivity index is 0.000000115. The largest absolute Gasteiger partial charge is 0.455 e. The van der Waals surface area contributed by atoms with Crippen LogP contribution in [0.25, 0.3) is 166 Å². The van der Waals surface area contributed by atoms with E-state index in [1.54, 1.807) is 46.3 Å². The first kappa shape index (κ1) is 67.1. The number of rotatable bonds is 10. The molecule has 0 atom stereocenters. The lowest BCUT2D eigenvalue weighted by Gasteiger charge is -2.08. The minimum Gasteiger partial charge on any atom is -0.455 e. The van der Waals surface area contributed by atoms with E-state index in [2.05, 4.69) is 126 Å². The predicted molar refractivity (Wildman–Crippen MR) is 466 cm³/mol. The Morgan fingerprint density at radius 3 is 1.29 bits per heavy atom. The summed E-state index contributed by atoms with van der Waals surface area (Å²) < 4.78 is 104. The van der Waals surface area contributed by atoms with Gasteiger partial charge in [-0.15, -0.1) is 0 Å². The smallest absolute Gasteiger partial charge is 0.227 e. The van der Waals surface area contributed by atoms with Gasteiger partial charge in [0.2, 0.25) is 34.2 Å². The number of aromatic nitrogens is 10. The predicted octanol–water partition coefficient (Wildman–Crippen LogP) is 22.3. The van der Waals surface area contributed by atoms with Crippen molar-refractivity contribution in [1.29, 1.82) is 0 Å². The normalized spacial score (nSPS) is 13.0. The van der Waals surface area contributed by atoms with Crippen LogP contribution < -0.4 is 22.8 Å². The van der Waals surface area contributed by atoms with Gasteiger partial charge in [-0.2, -0.15) is 0 Å². The molecule has 20 aromatic rings. The van der Waals surface area contributed by atoms with Crippen molar-refractivity contribution in [2.45, 2.75) is 108 Å². The van der Waals surface area contributed by atoms with Crippen molar-refractivity contribution in [3.8, 4) is 56.3 Å². The van der Waals surface area contributed by atoms with Crippen LogP contribution in [0.1, 0.15) is 114 Å². The molecule has 0 radical (unpaired) electrons. The highest BCUT2D eigenvalue weighted by Gasteiger charge is 2.28. The molecule has 20 rings (SSSR count). The van der Waals surface area contributed by atoms with E-state index in [9.17, 15) is 0 Å². The lowest BCUT2D eigenvalue weighted by Crippen LogP contribution is -2.31. The van der Waals surface area contributed by atoms with E-state index in [-0.39, 0.29) is 0 Å². The minimum absolute atomic E-state index is 0.512. The van der Waals surface area contributed by atoms with Crippen molar-refractivity contribution in [2.24, 2.45) is 35.2 Å². The number of hydrogen-bond donors (Lipinski definition) is 0. The van der Waals surface area contributed by atoms with Crippen molar-refractivity contribution >= 4 is 110 Å². The average Bonchev–Trinajstić information content (AvgIpc) is 1.61. The van der Waals surface area contributed by atoms with Crippen LogP contribution in [-0.4, -0.2) is 24.9 Å². The number of hydrogen-bond acceptors (Lipinski definition) is 10. The molecule has 15 aromatic heterocycles. The van der Waals surface area contributed by atoms with Gasteiger partial charge in [0.1, 0.15) is 68.6 Å². The van der Waals surface area contributed by atoms with Crippen molar-refractivity contribution in [3.63, 3.8) is 0 Å². The highest BCUT2D eigenvalue weighted by molar-refractivity contribution is 6.12.